The maximum Gasteiger partial charge on any atom is 0.0914 e. The van der Waals surface area contributed by atoms with Crippen molar-refractivity contribution < 1.29 is 9.84 Å². The number of benzene rings is 1. The molecule has 1 unspecified atom stereocenters. The molecule has 1 rings (SSSR count). The Labute approximate surface area is 103 Å². The molecule has 0 bridgehead atoms. The predicted molar refractivity (Wildman–Crippen MR) is 69.9 cm³/mol. The maximum atomic E-state index is 9.84. The summed E-state index contributed by atoms with van der Waals surface area (Å²) in [6, 6.07) is 9.64. The van der Waals surface area contributed by atoms with E-state index in [1.165, 1.54) is 0 Å². The van der Waals surface area contributed by atoms with Crippen molar-refractivity contribution in [3.63, 3.8) is 0 Å². The lowest BCUT2D eigenvalue weighted by Crippen LogP contribution is -2.25. The van der Waals surface area contributed by atoms with E-state index < -0.39 is 6.10 Å². The highest BCUT2D eigenvalue weighted by Crippen LogP contribution is 2.09. The number of rotatable bonds is 9. The molecular weight excluding hydrogens is 214 g/mol. The lowest BCUT2D eigenvalue weighted by molar-refractivity contribution is 0.131. The highest BCUT2D eigenvalue weighted by atomic mass is 16.5. The Morgan fingerprint density at radius 3 is 2.76 bits per heavy atom. The molecule has 0 saturated heterocycles. The van der Waals surface area contributed by atoms with Gasteiger partial charge in [0.05, 0.1) is 19.3 Å². The van der Waals surface area contributed by atoms with Gasteiger partial charge in [-0.05, 0) is 12.0 Å². The van der Waals surface area contributed by atoms with Crippen LogP contribution < -0.4 is 5.32 Å². The van der Waals surface area contributed by atoms with Crippen LogP contribution in [0.5, 0.6) is 0 Å². The number of nitrogens with one attached hydrogen (secondary N) is 1. The number of aliphatic hydroxyl groups is 1. The van der Waals surface area contributed by atoms with Gasteiger partial charge in [-0.2, -0.15) is 0 Å². The number of hydrogen-bond donors (Lipinski definition) is 2. The summed E-state index contributed by atoms with van der Waals surface area (Å²) in [5.41, 5.74) is 0.938. The summed E-state index contributed by atoms with van der Waals surface area (Å²) >= 11 is 0. The van der Waals surface area contributed by atoms with Gasteiger partial charge >= 0.3 is 0 Å². The molecule has 0 radical (unpaired) electrons. The Morgan fingerprint density at radius 1 is 1.29 bits per heavy atom. The Bertz CT molecular complexity index is 300. The van der Waals surface area contributed by atoms with E-state index in [9.17, 15) is 5.11 Å². The van der Waals surface area contributed by atoms with E-state index in [0.29, 0.717) is 19.8 Å². The molecule has 0 spiro atoms. The van der Waals surface area contributed by atoms with Gasteiger partial charge in [0, 0.05) is 13.1 Å². The minimum atomic E-state index is -0.454. The van der Waals surface area contributed by atoms with Gasteiger partial charge in [0.2, 0.25) is 0 Å². The zero-order valence-corrected chi connectivity index (χ0v) is 10.1. The summed E-state index contributed by atoms with van der Waals surface area (Å²) in [6.45, 7) is 6.30. The van der Waals surface area contributed by atoms with Gasteiger partial charge in [0.15, 0.2) is 0 Å². The molecule has 0 saturated carbocycles. The summed E-state index contributed by atoms with van der Waals surface area (Å²) in [7, 11) is 0. The molecule has 0 aliphatic carbocycles. The van der Waals surface area contributed by atoms with Crippen LogP contribution in [0.15, 0.2) is 43.0 Å². The van der Waals surface area contributed by atoms with Crippen molar-refractivity contribution in [2.45, 2.75) is 12.5 Å². The van der Waals surface area contributed by atoms with E-state index in [1.807, 2.05) is 36.4 Å². The fraction of sp³-hybridized carbons (Fsp3) is 0.429. The minimum absolute atomic E-state index is 0.454. The number of aliphatic hydroxyl groups excluding tert-OH is 1. The minimum Gasteiger partial charge on any atom is -0.387 e. The largest absolute Gasteiger partial charge is 0.387 e. The summed E-state index contributed by atoms with van der Waals surface area (Å²) in [5, 5.41) is 13.0. The molecule has 1 aromatic carbocycles. The quantitative estimate of drug-likeness (QED) is 0.507. The van der Waals surface area contributed by atoms with Crippen molar-refractivity contribution in [1.82, 2.24) is 5.32 Å². The molecule has 0 aliphatic heterocycles. The third-order valence-electron chi connectivity index (χ3n) is 2.41. The molecule has 17 heavy (non-hydrogen) atoms. The van der Waals surface area contributed by atoms with Crippen LogP contribution >= 0.6 is 0 Å². The molecule has 1 atom stereocenters. The SMILES string of the molecule is C=CCCOCCNCC(O)c1ccccc1. The van der Waals surface area contributed by atoms with Crippen LogP contribution in [-0.2, 0) is 4.74 Å². The van der Waals surface area contributed by atoms with E-state index in [4.69, 9.17) is 4.74 Å². The Morgan fingerprint density at radius 2 is 2.06 bits per heavy atom. The van der Waals surface area contributed by atoms with E-state index in [1.54, 1.807) is 0 Å². The van der Waals surface area contributed by atoms with Gasteiger partial charge in [0.25, 0.3) is 0 Å². The fourth-order valence-corrected chi connectivity index (χ4v) is 1.44. The van der Waals surface area contributed by atoms with Gasteiger partial charge in [-0.1, -0.05) is 36.4 Å². The van der Waals surface area contributed by atoms with Crippen molar-refractivity contribution >= 4 is 0 Å². The van der Waals surface area contributed by atoms with Gasteiger partial charge in [-0.25, -0.2) is 0 Å². The van der Waals surface area contributed by atoms with Gasteiger partial charge < -0.3 is 15.2 Å². The molecule has 0 heterocycles. The van der Waals surface area contributed by atoms with Gasteiger partial charge in [-0.3, -0.25) is 0 Å². The van der Waals surface area contributed by atoms with Crippen molar-refractivity contribution in [1.29, 1.82) is 0 Å². The first-order chi connectivity index (χ1) is 8.34. The molecule has 2 N–H and O–H groups in total. The van der Waals surface area contributed by atoms with E-state index in [0.717, 1.165) is 18.5 Å². The Hall–Kier alpha value is -1.16. The van der Waals surface area contributed by atoms with Crippen LogP contribution in [0, 0.1) is 0 Å². The zero-order valence-electron chi connectivity index (χ0n) is 10.1. The Balaban J connectivity index is 2.05. The molecular formula is C14H21NO2. The first-order valence-corrected chi connectivity index (χ1v) is 5.97. The van der Waals surface area contributed by atoms with Crippen LogP contribution in [0.25, 0.3) is 0 Å². The Kier molecular flexibility index (Phi) is 7.30. The zero-order chi connectivity index (χ0) is 12.3. The van der Waals surface area contributed by atoms with Crippen LogP contribution in [0.2, 0.25) is 0 Å². The van der Waals surface area contributed by atoms with E-state index >= 15 is 0 Å². The molecule has 3 nitrogen and oxygen atoms in total. The van der Waals surface area contributed by atoms with E-state index in [-0.39, 0.29) is 0 Å². The summed E-state index contributed by atoms with van der Waals surface area (Å²) in [6.07, 6.45) is 2.27. The van der Waals surface area contributed by atoms with Crippen LogP contribution in [-0.4, -0.2) is 31.4 Å². The average Bonchev–Trinajstić information content (AvgIpc) is 2.38. The summed E-state index contributed by atoms with van der Waals surface area (Å²) < 4.78 is 5.35. The second-order valence-corrected chi connectivity index (χ2v) is 3.82. The lowest BCUT2D eigenvalue weighted by atomic mass is 10.1. The van der Waals surface area contributed by atoms with Crippen molar-refractivity contribution in [3.8, 4) is 0 Å². The summed E-state index contributed by atoms with van der Waals surface area (Å²) in [5.74, 6) is 0. The first-order valence-electron chi connectivity index (χ1n) is 5.97. The van der Waals surface area contributed by atoms with E-state index in [2.05, 4.69) is 11.9 Å². The smallest absolute Gasteiger partial charge is 0.0914 e. The normalized spacial score (nSPS) is 12.3. The maximum absolute atomic E-state index is 9.84. The number of hydrogen-bond acceptors (Lipinski definition) is 3. The fourth-order valence-electron chi connectivity index (χ4n) is 1.44. The molecule has 0 aromatic heterocycles. The lowest BCUT2D eigenvalue weighted by Gasteiger charge is -2.12. The number of ether oxygens (including phenoxy) is 1. The topological polar surface area (TPSA) is 41.5 Å². The first kappa shape index (κ1) is 13.9. The monoisotopic (exact) mass is 235 g/mol. The van der Waals surface area contributed by atoms with Crippen molar-refractivity contribution in [2.24, 2.45) is 0 Å². The highest BCUT2D eigenvalue weighted by Gasteiger charge is 2.04. The highest BCUT2D eigenvalue weighted by molar-refractivity contribution is 5.17. The molecule has 0 aliphatic rings. The van der Waals surface area contributed by atoms with Crippen LogP contribution in [0.4, 0.5) is 0 Å². The van der Waals surface area contributed by atoms with Crippen LogP contribution in [0.3, 0.4) is 0 Å². The standard InChI is InChI=1S/C14H21NO2/c1-2-3-10-17-11-9-15-12-14(16)13-7-5-4-6-8-13/h2,4-8,14-16H,1,3,9-12H2. The third kappa shape index (κ3) is 6.22. The molecule has 3 heteroatoms. The van der Waals surface area contributed by atoms with Crippen molar-refractivity contribution in [2.75, 3.05) is 26.3 Å². The molecule has 0 fully saturated rings. The van der Waals surface area contributed by atoms with Crippen molar-refractivity contribution in [3.05, 3.63) is 48.6 Å². The summed E-state index contributed by atoms with van der Waals surface area (Å²) in [4.78, 5) is 0. The molecule has 0 amide bonds. The molecule has 1 aromatic rings. The second kappa shape index (κ2) is 8.93. The molecule has 94 valence electrons. The van der Waals surface area contributed by atoms with Gasteiger partial charge in [-0.15, -0.1) is 6.58 Å². The second-order valence-electron chi connectivity index (χ2n) is 3.82. The predicted octanol–water partition coefficient (Wildman–Crippen LogP) is 1.90. The third-order valence-corrected chi connectivity index (χ3v) is 2.41. The van der Waals surface area contributed by atoms with Gasteiger partial charge in [0.1, 0.15) is 0 Å². The van der Waals surface area contributed by atoms with Crippen LogP contribution in [0.1, 0.15) is 18.1 Å². The average molecular weight is 235 g/mol.